The Hall–Kier alpha value is -0.570. The minimum absolute atomic E-state index is 0.0544. The van der Waals surface area contributed by atoms with Gasteiger partial charge in [0.05, 0.1) is 12.6 Å². The SMILES string of the molecule is CCCC(CCC)C(=O)N1CCC(C)C1CO. The molecule has 3 nitrogen and oxygen atoms in total. The summed E-state index contributed by atoms with van der Waals surface area (Å²) in [7, 11) is 0. The van der Waals surface area contributed by atoms with Crippen LogP contribution >= 0.6 is 0 Å². The molecule has 0 aromatic heterocycles. The van der Waals surface area contributed by atoms with Gasteiger partial charge in [0.2, 0.25) is 5.91 Å². The van der Waals surface area contributed by atoms with Gasteiger partial charge in [0.15, 0.2) is 0 Å². The summed E-state index contributed by atoms with van der Waals surface area (Å²) in [5.41, 5.74) is 0. The normalized spacial score (nSPS) is 24.6. The van der Waals surface area contributed by atoms with Crippen molar-refractivity contribution in [3.63, 3.8) is 0 Å². The molecule has 0 spiro atoms. The number of aliphatic hydroxyl groups excluding tert-OH is 1. The summed E-state index contributed by atoms with van der Waals surface area (Å²) in [5, 5.41) is 9.40. The fourth-order valence-corrected chi connectivity index (χ4v) is 2.88. The largest absolute Gasteiger partial charge is 0.394 e. The smallest absolute Gasteiger partial charge is 0.226 e. The first kappa shape index (κ1) is 14.5. The van der Waals surface area contributed by atoms with Crippen LogP contribution in [0.15, 0.2) is 0 Å². The Balaban J connectivity index is 2.66. The molecule has 1 fully saturated rings. The van der Waals surface area contributed by atoms with Gasteiger partial charge in [-0.25, -0.2) is 0 Å². The molecule has 100 valence electrons. The first-order valence-corrected chi connectivity index (χ1v) is 7.06. The van der Waals surface area contributed by atoms with Gasteiger partial charge in [-0.2, -0.15) is 0 Å². The fourth-order valence-electron chi connectivity index (χ4n) is 2.88. The number of hydrogen-bond donors (Lipinski definition) is 1. The lowest BCUT2D eigenvalue weighted by Gasteiger charge is -2.29. The molecule has 0 aromatic carbocycles. The van der Waals surface area contributed by atoms with E-state index in [1.807, 2.05) is 4.90 Å². The van der Waals surface area contributed by atoms with Gasteiger partial charge in [0, 0.05) is 12.5 Å². The summed E-state index contributed by atoms with van der Waals surface area (Å²) in [6.07, 6.45) is 5.11. The molecule has 17 heavy (non-hydrogen) atoms. The molecular weight excluding hydrogens is 214 g/mol. The van der Waals surface area contributed by atoms with Crippen molar-refractivity contribution in [2.75, 3.05) is 13.2 Å². The topological polar surface area (TPSA) is 40.5 Å². The van der Waals surface area contributed by atoms with Gasteiger partial charge in [-0.1, -0.05) is 33.6 Å². The van der Waals surface area contributed by atoms with Crippen molar-refractivity contribution >= 4 is 5.91 Å². The Morgan fingerprint density at radius 2 is 1.94 bits per heavy atom. The van der Waals surface area contributed by atoms with Crippen LogP contribution in [0, 0.1) is 11.8 Å². The lowest BCUT2D eigenvalue weighted by molar-refractivity contribution is -0.138. The predicted octanol–water partition coefficient (Wildman–Crippen LogP) is 2.43. The molecule has 0 aromatic rings. The molecule has 0 saturated carbocycles. The molecule has 1 N–H and O–H groups in total. The molecule has 1 aliphatic rings. The predicted molar refractivity (Wildman–Crippen MR) is 69.7 cm³/mol. The van der Waals surface area contributed by atoms with Crippen LogP contribution in [0.1, 0.15) is 52.9 Å². The third-order valence-electron chi connectivity index (χ3n) is 3.98. The molecule has 0 bridgehead atoms. The van der Waals surface area contributed by atoms with Gasteiger partial charge in [0.1, 0.15) is 0 Å². The van der Waals surface area contributed by atoms with E-state index in [4.69, 9.17) is 0 Å². The summed E-state index contributed by atoms with van der Waals surface area (Å²) in [6, 6.07) is 0.0544. The summed E-state index contributed by atoms with van der Waals surface area (Å²) in [5.74, 6) is 0.884. The minimum Gasteiger partial charge on any atom is -0.394 e. The quantitative estimate of drug-likeness (QED) is 0.776. The fraction of sp³-hybridized carbons (Fsp3) is 0.929. The lowest BCUT2D eigenvalue weighted by atomic mass is 9.96. The van der Waals surface area contributed by atoms with Crippen LogP contribution in [-0.4, -0.2) is 35.1 Å². The summed E-state index contributed by atoms with van der Waals surface area (Å²) < 4.78 is 0. The Morgan fingerprint density at radius 3 is 2.41 bits per heavy atom. The standard InChI is InChI=1S/C14H27NO2/c1-4-6-12(7-5-2)14(17)15-9-8-11(3)13(15)10-16/h11-13,16H,4-10H2,1-3H3. The molecule has 1 saturated heterocycles. The van der Waals surface area contributed by atoms with Crippen LogP contribution in [0.5, 0.6) is 0 Å². The van der Waals surface area contributed by atoms with Crippen LogP contribution in [0.2, 0.25) is 0 Å². The molecule has 2 unspecified atom stereocenters. The highest BCUT2D eigenvalue weighted by Gasteiger charge is 2.36. The number of carbonyl (C=O) groups is 1. The van der Waals surface area contributed by atoms with Crippen LogP contribution in [0.3, 0.4) is 0 Å². The number of hydrogen-bond acceptors (Lipinski definition) is 2. The van der Waals surface area contributed by atoms with Gasteiger partial charge in [-0.15, -0.1) is 0 Å². The third-order valence-corrected chi connectivity index (χ3v) is 3.98. The molecular formula is C14H27NO2. The Kier molecular flexibility index (Phi) is 5.96. The number of carbonyl (C=O) groups excluding carboxylic acids is 1. The van der Waals surface area contributed by atoms with Crippen molar-refractivity contribution in [2.24, 2.45) is 11.8 Å². The zero-order valence-electron chi connectivity index (χ0n) is 11.5. The summed E-state index contributed by atoms with van der Waals surface area (Å²) in [6.45, 7) is 7.33. The average Bonchev–Trinajstić information content (AvgIpc) is 2.69. The summed E-state index contributed by atoms with van der Waals surface area (Å²) in [4.78, 5) is 14.4. The first-order valence-electron chi connectivity index (χ1n) is 7.06. The highest BCUT2D eigenvalue weighted by Crippen LogP contribution is 2.27. The molecule has 1 rings (SSSR count). The average molecular weight is 241 g/mol. The third kappa shape index (κ3) is 3.44. The van der Waals surface area contributed by atoms with E-state index in [0.29, 0.717) is 5.92 Å². The van der Waals surface area contributed by atoms with E-state index in [1.54, 1.807) is 0 Å². The Labute approximate surface area is 105 Å². The van der Waals surface area contributed by atoms with Crippen molar-refractivity contribution in [2.45, 2.75) is 58.9 Å². The Bertz CT molecular complexity index is 236. The first-order chi connectivity index (χ1) is 8.15. The lowest BCUT2D eigenvalue weighted by Crippen LogP contribution is -2.43. The maximum absolute atomic E-state index is 12.5. The van der Waals surface area contributed by atoms with Crippen LogP contribution in [0.4, 0.5) is 0 Å². The van der Waals surface area contributed by atoms with Crippen molar-refractivity contribution in [3.05, 3.63) is 0 Å². The monoisotopic (exact) mass is 241 g/mol. The number of amides is 1. The highest BCUT2D eigenvalue weighted by atomic mass is 16.3. The van der Waals surface area contributed by atoms with Gasteiger partial charge >= 0.3 is 0 Å². The molecule has 0 aliphatic carbocycles. The molecule has 1 aliphatic heterocycles. The van der Waals surface area contributed by atoms with Crippen molar-refractivity contribution < 1.29 is 9.90 Å². The molecule has 2 atom stereocenters. The number of likely N-dealkylation sites (tertiary alicyclic amines) is 1. The van der Waals surface area contributed by atoms with Gasteiger partial charge in [-0.05, 0) is 25.2 Å². The summed E-state index contributed by atoms with van der Waals surface area (Å²) >= 11 is 0. The molecule has 3 heteroatoms. The maximum Gasteiger partial charge on any atom is 0.226 e. The second-order valence-corrected chi connectivity index (χ2v) is 5.32. The molecule has 1 heterocycles. The van der Waals surface area contributed by atoms with Gasteiger partial charge in [0.25, 0.3) is 0 Å². The van der Waals surface area contributed by atoms with E-state index in [-0.39, 0.29) is 24.5 Å². The second kappa shape index (κ2) is 7.00. The zero-order valence-corrected chi connectivity index (χ0v) is 11.5. The van der Waals surface area contributed by atoms with E-state index in [1.165, 1.54) is 0 Å². The number of rotatable bonds is 6. The van der Waals surface area contributed by atoms with Crippen molar-refractivity contribution in [3.8, 4) is 0 Å². The van der Waals surface area contributed by atoms with E-state index in [0.717, 1.165) is 38.6 Å². The van der Waals surface area contributed by atoms with Gasteiger partial charge < -0.3 is 10.0 Å². The van der Waals surface area contributed by atoms with E-state index in [9.17, 15) is 9.90 Å². The maximum atomic E-state index is 12.5. The van der Waals surface area contributed by atoms with Crippen LogP contribution < -0.4 is 0 Å². The minimum atomic E-state index is 0.0544. The van der Waals surface area contributed by atoms with E-state index < -0.39 is 0 Å². The number of aliphatic hydroxyl groups is 1. The van der Waals surface area contributed by atoms with E-state index >= 15 is 0 Å². The van der Waals surface area contributed by atoms with Crippen molar-refractivity contribution in [1.82, 2.24) is 4.90 Å². The van der Waals surface area contributed by atoms with Crippen LogP contribution in [-0.2, 0) is 4.79 Å². The van der Waals surface area contributed by atoms with Gasteiger partial charge in [-0.3, -0.25) is 4.79 Å². The number of nitrogens with zero attached hydrogens (tertiary/aromatic N) is 1. The van der Waals surface area contributed by atoms with Crippen LogP contribution in [0.25, 0.3) is 0 Å². The van der Waals surface area contributed by atoms with Crippen molar-refractivity contribution in [1.29, 1.82) is 0 Å². The Morgan fingerprint density at radius 1 is 1.35 bits per heavy atom. The molecule has 0 radical (unpaired) electrons. The zero-order chi connectivity index (χ0) is 12.8. The highest BCUT2D eigenvalue weighted by molar-refractivity contribution is 5.79. The molecule has 1 amide bonds. The second-order valence-electron chi connectivity index (χ2n) is 5.32. The van der Waals surface area contributed by atoms with E-state index in [2.05, 4.69) is 20.8 Å².